The SMILES string of the molecule is CCOC(=O)C(C)(C)Oc1cc(CC[AsH2])cc(OC)c1. The van der Waals surface area contributed by atoms with Crippen LogP contribution in [0.4, 0.5) is 0 Å². The number of hydrogen-bond acceptors (Lipinski definition) is 4. The molecular weight excluding hydrogens is 319 g/mol. The Balaban J connectivity index is 2.95. The first-order valence-corrected chi connectivity index (χ1v) is 8.38. The first-order chi connectivity index (χ1) is 9.42. The van der Waals surface area contributed by atoms with Crippen LogP contribution in [-0.2, 0) is 16.0 Å². The molecular formula is C15H23AsO4. The summed E-state index contributed by atoms with van der Waals surface area (Å²) < 4.78 is 16.1. The zero-order valence-electron chi connectivity index (χ0n) is 12.6. The molecule has 1 aromatic carbocycles. The van der Waals surface area contributed by atoms with Gasteiger partial charge in [0, 0.05) is 0 Å². The summed E-state index contributed by atoms with van der Waals surface area (Å²) in [7, 11) is 1.62. The van der Waals surface area contributed by atoms with Gasteiger partial charge in [0.05, 0.1) is 0 Å². The minimum atomic E-state index is -1.02. The summed E-state index contributed by atoms with van der Waals surface area (Å²) >= 11 is 1.68. The van der Waals surface area contributed by atoms with Crippen LogP contribution in [0.2, 0.25) is 5.21 Å². The predicted octanol–water partition coefficient (Wildman–Crippen LogP) is 2.01. The van der Waals surface area contributed by atoms with Gasteiger partial charge in [-0.25, -0.2) is 0 Å². The van der Waals surface area contributed by atoms with Crippen molar-refractivity contribution in [3.05, 3.63) is 23.8 Å². The molecule has 0 aliphatic rings. The third kappa shape index (κ3) is 4.75. The molecule has 1 aromatic rings. The molecule has 0 aromatic heterocycles. The Morgan fingerprint density at radius 3 is 2.45 bits per heavy atom. The van der Waals surface area contributed by atoms with Gasteiger partial charge >= 0.3 is 129 Å². The quantitative estimate of drug-likeness (QED) is 0.562. The van der Waals surface area contributed by atoms with Gasteiger partial charge in [0.2, 0.25) is 0 Å². The second-order valence-corrected chi connectivity index (χ2v) is 6.10. The molecule has 1 unspecified atom stereocenters. The number of aryl methyl sites for hydroxylation is 1. The van der Waals surface area contributed by atoms with E-state index in [0.717, 1.165) is 22.9 Å². The second kappa shape index (κ2) is 7.58. The molecule has 0 spiro atoms. The average Bonchev–Trinajstić information content (AvgIpc) is 2.38. The van der Waals surface area contributed by atoms with Crippen LogP contribution in [0.1, 0.15) is 26.3 Å². The van der Waals surface area contributed by atoms with E-state index in [1.54, 1.807) is 50.8 Å². The van der Waals surface area contributed by atoms with Crippen molar-refractivity contribution >= 4 is 22.8 Å². The summed E-state index contributed by atoms with van der Waals surface area (Å²) in [5, 5.41) is 1.10. The normalized spacial score (nSPS) is 11.1. The second-order valence-electron chi connectivity index (χ2n) is 4.89. The molecule has 5 heteroatoms. The summed E-state index contributed by atoms with van der Waals surface area (Å²) in [4.78, 5) is 11.9. The fraction of sp³-hybridized carbons (Fsp3) is 0.533. The Labute approximate surface area is 129 Å². The molecule has 0 amide bonds. The molecule has 0 radical (unpaired) electrons. The molecule has 0 saturated heterocycles. The number of carbonyl (C=O) groups is 1. The Hall–Kier alpha value is -1.15. The molecule has 0 aliphatic carbocycles. The standard InChI is InChI=1S/C15H23AsO4/c1-5-19-14(17)15(2,3)20-13-9-11(6-7-16)8-12(10-13)18-4/h8-10H,5-7,16H2,1-4H3. The molecule has 0 bridgehead atoms. The van der Waals surface area contributed by atoms with Gasteiger partial charge < -0.3 is 0 Å². The molecule has 112 valence electrons. The number of hydrogen-bond donors (Lipinski definition) is 0. The van der Waals surface area contributed by atoms with Crippen LogP contribution in [0, 0.1) is 0 Å². The van der Waals surface area contributed by atoms with Crippen molar-refractivity contribution in [1.29, 1.82) is 0 Å². The molecule has 0 aliphatic heterocycles. The van der Waals surface area contributed by atoms with Crippen LogP contribution in [0.3, 0.4) is 0 Å². The Bertz CT molecular complexity index is 457. The fourth-order valence-corrected chi connectivity index (χ4v) is 2.46. The minimum absolute atomic E-state index is 0.340. The first kappa shape index (κ1) is 16.9. The molecule has 20 heavy (non-hydrogen) atoms. The number of methoxy groups -OCH3 is 1. The van der Waals surface area contributed by atoms with Gasteiger partial charge in [-0.2, -0.15) is 0 Å². The van der Waals surface area contributed by atoms with Gasteiger partial charge in [0.15, 0.2) is 0 Å². The molecule has 0 heterocycles. The third-order valence-electron chi connectivity index (χ3n) is 2.75. The van der Waals surface area contributed by atoms with Crippen LogP contribution in [0.5, 0.6) is 11.5 Å². The molecule has 0 saturated carbocycles. The Morgan fingerprint density at radius 2 is 1.90 bits per heavy atom. The molecule has 0 fully saturated rings. The van der Waals surface area contributed by atoms with E-state index in [2.05, 4.69) is 0 Å². The van der Waals surface area contributed by atoms with Gasteiger partial charge in [0.25, 0.3) is 0 Å². The number of rotatable bonds is 7. The van der Waals surface area contributed by atoms with E-state index >= 15 is 0 Å². The van der Waals surface area contributed by atoms with Gasteiger partial charge in [-0.15, -0.1) is 0 Å². The van der Waals surface area contributed by atoms with E-state index in [1.165, 1.54) is 0 Å². The molecule has 0 N–H and O–H groups in total. The third-order valence-corrected chi connectivity index (χ3v) is 3.35. The summed E-state index contributed by atoms with van der Waals surface area (Å²) in [6.45, 7) is 5.52. The zero-order chi connectivity index (χ0) is 15.2. The monoisotopic (exact) mass is 342 g/mol. The van der Waals surface area contributed by atoms with E-state index in [0.29, 0.717) is 12.4 Å². The van der Waals surface area contributed by atoms with Crippen molar-refractivity contribution < 1.29 is 19.0 Å². The number of esters is 1. The van der Waals surface area contributed by atoms with E-state index in [4.69, 9.17) is 14.2 Å². The van der Waals surface area contributed by atoms with Crippen molar-refractivity contribution in [3.63, 3.8) is 0 Å². The summed E-state index contributed by atoms with van der Waals surface area (Å²) in [5.41, 5.74) is 0.124. The number of benzene rings is 1. The topological polar surface area (TPSA) is 44.8 Å². The number of carbonyl (C=O) groups excluding carboxylic acids is 1. The van der Waals surface area contributed by atoms with Gasteiger partial charge in [-0.1, -0.05) is 0 Å². The van der Waals surface area contributed by atoms with Crippen molar-refractivity contribution in [2.45, 2.75) is 38.0 Å². The summed E-state index contributed by atoms with van der Waals surface area (Å²) in [5.74, 6) is 0.986. The van der Waals surface area contributed by atoms with Gasteiger partial charge in [-0.3, -0.25) is 0 Å². The molecule has 4 nitrogen and oxygen atoms in total. The van der Waals surface area contributed by atoms with Crippen LogP contribution in [0.25, 0.3) is 0 Å². The van der Waals surface area contributed by atoms with Gasteiger partial charge in [0.1, 0.15) is 0 Å². The molecule has 1 atom stereocenters. The van der Waals surface area contributed by atoms with Crippen molar-refractivity contribution in [1.82, 2.24) is 0 Å². The van der Waals surface area contributed by atoms with Crippen LogP contribution < -0.4 is 9.47 Å². The van der Waals surface area contributed by atoms with Crippen molar-refractivity contribution in [2.24, 2.45) is 0 Å². The summed E-state index contributed by atoms with van der Waals surface area (Å²) in [6.07, 6.45) is 0.966. The van der Waals surface area contributed by atoms with Crippen LogP contribution >= 0.6 is 0 Å². The summed E-state index contributed by atoms with van der Waals surface area (Å²) in [6, 6.07) is 5.72. The predicted molar refractivity (Wildman–Crippen MR) is 81.4 cm³/mol. The van der Waals surface area contributed by atoms with E-state index in [9.17, 15) is 4.79 Å². The Kier molecular flexibility index (Phi) is 6.41. The van der Waals surface area contributed by atoms with Gasteiger partial charge in [-0.05, 0) is 0 Å². The first-order valence-electron chi connectivity index (χ1n) is 6.67. The Morgan fingerprint density at radius 1 is 1.25 bits per heavy atom. The van der Waals surface area contributed by atoms with Crippen molar-refractivity contribution in [3.8, 4) is 11.5 Å². The van der Waals surface area contributed by atoms with E-state index < -0.39 is 5.60 Å². The average molecular weight is 342 g/mol. The van der Waals surface area contributed by atoms with E-state index in [1.807, 2.05) is 12.1 Å². The number of ether oxygens (including phenoxy) is 3. The maximum absolute atomic E-state index is 11.9. The van der Waals surface area contributed by atoms with E-state index in [-0.39, 0.29) is 5.97 Å². The zero-order valence-corrected chi connectivity index (χ0v) is 15.0. The molecule has 1 rings (SSSR count). The van der Waals surface area contributed by atoms with Crippen LogP contribution in [-0.4, -0.2) is 42.1 Å². The fourth-order valence-electron chi connectivity index (χ4n) is 1.76. The van der Waals surface area contributed by atoms with Crippen LogP contribution in [0.15, 0.2) is 18.2 Å². The van der Waals surface area contributed by atoms with Crippen molar-refractivity contribution in [2.75, 3.05) is 13.7 Å². The maximum atomic E-state index is 11.9.